The predicted molar refractivity (Wildman–Crippen MR) is 90.7 cm³/mol. The molecule has 0 saturated carbocycles. The summed E-state index contributed by atoms with van der Waals surface area (Å²) in [5, 5.41) is 8.19. The summed E-state index contributed by atoms with van der Waals surface area (Å²) in [6.45, 7) is 2.44. The van der Waals surface area contributed by atoms with E-state index in [1.165, 1.54) is 17.7 Å². The molecule has 0 saturated heterocycles. The molecule has 1 aromatic heterocycles. The van der Waals surface area contributed by atoms with Gasteiger partial charge >= 0.3 is 0 Å². The Balaban J connectivity index is 1.87. The number of rotatable bonds is 4. The summed E-state index contributed by atoms with van der Waals surface area (Å²) in [6, 6.07) is 5.55. The molecule has 0 aliphatic heterocycles. The van der Waals surface area contributed by atoms with Gasteiger partial charge < -0.3 is 5.32 Å². The SMILES string of the molecule is Cc1cc(CNc2cc(F)cc(S(N)(=O)=O)c2)c2c(n1)CCCC2. The van der Waals surface area contributed by atoms with Crippen molar-refractivity contribution in [2.75, 3.05) is 5.32 Å². The number of hydrogen-bond donors (Lipinski definition) is 2. The summed E-state index contributed by atoms with van der Waals surface area (Å²) in [7, 11) is -3.94. The molecule has 0 amide bonds. The van der Waals surface area contributed by atoms with Gasteiger partial charge in [0.15, 0.2) is 0 Å². The van der Waals surface area contributed by atoms with E-state index in [4.69, 9.17) is 5.14 Å². The molecular formula is C17H20FN3O2S. The van der Waals surface area contributed by atoms with Crippen molar-refractivity contribution in [2.45, 2.75) is 44.0 Å². The number of hydrogen-bond acceptors (Lipinski definition) is 4. The molecule has 3 rings (SSSR count). The van der Waals surface area contributed by atoms with Gasteiger partial charge in [-0.3, -0.25) is 4.98 Å². The first-order chi connectivity index (χ1) is 11.3. The Labute approximate surface area is 141 Å². The first-order valence-electron chi connectivity index (χ1n) is 7.88. The maximum Gasteiger partial charge on any atom is 0.238 e. The Morgan fingerprint density at radius 3 is 2.71 bits per heavy atom. The van der Waals surface area contributed by atoms with Crippen molar-refractivity contribution < 1.29 is 12.8 Å². The minimum Gasteiger partial charge on any atom is -0.381 e. The van der Waals surface area contributed by atoms with Crippen LogP contribution in [-0.2, 0) is 29.4 Å². The lowest BCUT2D eigenvalue weighted by Crippen LogP contribution is -2.14. The van der Waals surface area contributed by atoms with Crippen molar-refractivity contribution in [3.8, 4) is 0 Å². The van der Waals surface area contributed by atoms with Gasteiger partial charge in [-0.2, -0.15) is 0 Å². The number of fused-ring (bicyclic) bond motifs is 1. The molecule has 3 N–H and O–H groups in total. The molecule has 7 heteroatoms. The lowest BCUT2D eigenvalue weighted by atomic mass is 9.91. The molecule has 1 heterocycles. The third-order valence-corrected chi connectivity index (χ3v) is 5.10. The minimum atomic E-state index is -3.94. The third kappa shape index (κ3) is 3.73. The van der Waals surface area contributed by atoms with E-state index in [9.17, 15) is 12.8 Å². The molecule has 1 aromatic carbocycles. The van der Waals surface area contributed by atoms with Gasteiger partial charge in [0.05, 0.1) is 4.90 Å². The minimum absolute atomic E-state index is 0.238. The summed E-state index contributed by atoms with van der Waals surface area (Å²) < 4.78 is 36.5. The topological polar surface area (TPSA) is 85.1 Å². The molecule has 24 heavy (non-hydrogen) atoms. The fraction of sp³-hybridized carbons (Fsp3) is 0.353. The van der Waals surface area contributed by atoms with E-state index in [0.717, 1.165) is 48.7 Å². The Bertz CT molecular complexity index is 882. The number of benzene rings is 1. The smallest absolute Gasteiger partial charge is 0.238 e. The highest BCUT2D eigenvalue weighted by Crippen LogP contribution is 2.25. The number of pyridine rings is 1. The summed E-state index contributed by atoms with van der Waals surface area (Å²) in [4.78, 5) is 4.37. The second kappa shape index (κ2) is 6.49. The van der Waals surface area contributed by atoms with Crippen LogP contribution in [0.2, 0.25) is 0 Å². The molecule has 0 atom stereocenters. The molecule has 0 fully saturated rings. The first-order valence-corrected chi connectivity index (χ1v) is 9.43. The highest BCUT2D eigenvalue weighted by atomic mass is 32.2. The molecule has 2 aromatic rings. The number of nitrogens with two attached hydrogens (primary N) is 1. The van der Waals surface area contributed by atoms with Crippen molar-refractivity contribution in [1.82, 2.24) is 4.98 Å². The zero-order valence-electron chi connectivity index (χ0n) is 13.5. The normalized spacial score (nSPS) is 14.3. The number of nitrogens with one attached hydrogen (secondary N) is 1. The summed E-state index contributed by atoms with van der Waals surface area (Å²) >= 11 is 0. The molecule has 0 spiro atoms. The van der Waals surface area contributed by atoms with E-state index in [2.05, 4.69) is 10.3 Å². The van der Waals surface area contributed by atoms with Gasteiger partial charge in [-0.05, 0) is 68.0 Å². The standard InChI is InChI=1S/C17H20FN3O2S/c1-11-6-12(16-4-2-3-5-17(16)21-11)10-20-14-7-13(18)8-15(9-14)24(19,22)23/h6-9,20H,2-5,10H2,1H3,(H2,19,22,23). The maximum absolute atomic E-state index is 13.7. The summed E-state index contributed by atoms with van der Waals surface area (Å²) in [6.07, 6.45) is 4.27. The highest BCUT2D eigenvalue weighted by molar-refractivity contribution is 7.89. The Kier molecular flexibility index (Phi) is 4.56. The van der Waals surface area contributed by atoms with E-state index in [-0.39, 0.29) is 4.90 Å². The zero-order chi connectivity index (χ0) is 17.3. The molecule has 1 aliphatic rings. The van der Waals surface area contributed by atoms with Crippen molar-refractivity contribution in [2.24, 2.45) is 5.14 Å². The van der Waals surface area contributed by atoms with Gasteiger partial charge in [-0.15, -0.1) is 0 Å². The van der Waals surface area contributed by atoms with Gasteiger partial charge in [-0.25, -0.2) is 17.9 Å². The lowest BCUT2D eigenvalue weighted by Gasteiger charge is -2.20. The van der Waals surface area contributed by atoms with Crippen LogP contribution in [0.5, 0.6) is 0 Å². The van der Waals surface area contributed by atoms with Gasteiger partial charge in [0, 0.05) is 23.6 Å². The van der Waals surface area contributed by atoms with Crippen LogP contribution in [0, 0.1) is 12.7 Å². The van der Waals surface area contributed by atoms with Gasteiger partial charge in [-0.1, -0.05) is 0 Å². The molecular weight excluding hydrogens is 329 g/mol. The maximum atomic E-state index is 13.7. The Morgan fingerprint density at radius 2 is 1.96 bits per heavy atom. The van der Waals surface area contributed by atoms with Crippen LogP contribution in [0.1, 0.15) is 35.4 Å². The Hall–Kier alpha value is -1.99. The number of nitrogens with zero attached hydrogens (tertiary/aromatic N) is 1. The van der Waals surface area contributed by atoms with Crippen molar-refractivity contribution in [3.63, 3.8) is 0 Å². The molecule has 128 valence electrons. The molecule has 0 bridgehead atoms. The van der Waals surface area contributed by atoms with E-state index in [1.807, 2.05) is 13.0 Å². The Morgan fingerprint density at radius 1 is 1.21 bits per heavy atom. The van der Waals surface area contributed by atoms with Gasteiger partial charge in [0.1, 0.15) is 5.82 Å². The second-order valence-corrected chi connectivity index (χ2v) is 7.69. The fourth-order valence-corrected chi connectivity index (χ4v) is 3.70. The van der Waals surface area contributed by atoms with Crippen LogP contribution in [0.3, 0.4) is 0 Å². The first kappa shape index (κ1) is 16.9. The van der Waals surface area contributed by atoms with Crippen LogP contribution in [0.4, 0.5) is 10.1 Å². The van der Waals surface area contributed by atoms with Gasteiger partial charge in [0.25, 0.3) is 0 Å². The third-order valence-electron chi connectivity index (χ3n) is 4.20. The summed E-state index contributed by atoms with van der Waals surface area (Å²) in [5.74, 6) is -0.642. The van der Waals surface area contributed by atoms with Crippen LogP contribution >= 0.6 is 0 Å². The van der Waals surface area contributed by atoms with E-state index < -0.39 is 15.8 Å². The summed E-state index contributed by atoms with van der Waals surface area (Å²) in [5.41, 5.74) is 4.86. The van der Waals surface area contributed by atoms with E-state index >= 15 is 0 Å². The average molecular weight is 349 g/mol. The fourth-order valence-electron chi connectivity index (χ4n) is 3.13. The number of aromatic nitrogens is 1. The molecule has 0 unspecified atom stereocenters. The highest BCUT2D eigenvalue weighted by Gasteiger charge is 2.16. The number of anilines is 1. The van der Waals surface area contributed by atoms with Crippen LogP contribution < -0.4 is 10.5 Å². The molecule has 0 radical (unpaired) electrons. The number of aryl methyl sites for hydroxylation is 2. The molecule has 1 aliphatic carbocycles. The number of sulfonamides is 1. The van der Waals surface area contributed by atoms with Crippen LogP contribution in [0.15, 0.2) is 29.2 Å². The van der Waals surface area contributed by atoms with E-state index in [0.29, 0.717) is 12.2 Å². The van der Waals surface area contributed by atoms with Crippen LogP contribution in [-0.4, -0.2) is 13.4 Å². The lowest BCUT2D eigenvalue weighted by molar-refractivity contribution is 0.592. The van der Waals surface area contributed by atoms with E-state index in [1.54, 1.807) is 0 Å². The number of halogens is 1. The second-order valence-electron chi connectivity index (χ2n) is 6.13. The monoisotopic (exact) mass is 349 g/mol. The molecule has 5 nitrogen and oxygen atoms in total. The largest absolute Gasteiger partial charge is 0.381 e. The number of primary sulfonamides is 1. The van der Waals surface area contributed by atoms with Crippen molar-refractivity contribution >= 4 is 15.7 Å². The van der Waals surface area contributed by atoms with Crippen molar-refractivity contribution in [3.05, 3.63) is 52.6 Å². The average Bonchev–Trinajstić information content (AvgIpc) is 2.51. The van der Waals surface area contributed by atoms with Crippen molar-refractivity contribution in [1.29, 1.82) is 0 Å². The quantitative estimate of drug-likeness (QED) is 0.889. The van der Waals surface area contributed by atoms with Gasteiger partial charge in [0.2, 0.25) is 10.0 Å². The zero-order valence-corrected chi connectivity index (χ0v) is 14.3. The predicted octanol–water partition coefficient (Wildman–Crippen LogP) is 2.67. The van der Waals surface area contributed by atoms with Crippen LogP contribution in [0.25, 0.3) is 0 Å².